The molecule has 0 radical (unpaired) electrons. The molecule has 2 aromatic carbocycles. The Bertz CT molecular complexity index is 821. The normalized spacial score (nSPS) is 15.8. The van der Waals surface area contributed by atoms with Crippen molar-refractivity contribution in [3.8, 4) is 5.75 Å². The van der Waals surface area contributed by atoms with E-state index in [1.807, 2.05) is 19.1 Å². The van der Waals surface area contributed by atoms with Gasteiger partial charge in [-0.05, 0) is 48.9 Å². The molecule has 3 rings (SSSR count). The molecule has 7 heteroatoms. The van der Waals surface area contributed by atoms with Crippen molar-refractivity contribution in [1.82, 2.24) is 4.90 Å². The lowest BCUT2D eigenvalue weighted by Gasteiger charge is -2.37. The summed E-state index contributed by atoms with van der Waals surface area (Å²) in [6, 6.07) is 13.3. The van der Waals surface area contributed by atoms with Crippen molar-refractivity contribution in [1.29, 1.82) is 0 Å². The van der Waals surface area contributed by atoms with E-state index >= 15 is 0 Å². The number of hydrogen-bond acceptors (Lipinski definition) is 5. The van der Waals surface area contributed by atoms with Crippen LogP contribution in [0.1, 0.15) is 12.5 Å². The summed E-state index contributed by atoms with van der Waals surface area (Å²) in [5, 5.41) is 13.8. The molecule has 0 aromatic heterocycles. The largest absolute Gasteiger partial charge is 0.491 e. The number of nitrogens with zero attached hydrogens (tertiary/aromatic N) is 2. The second-order valence-electron chi connectivity index (χ2n) is 7.39. The SMILES string of the molecule is CC(=O)Nc1ccc(OC[C@@H](O)CN2CCN(c3ccc(C)c(Cl)c3)CC2)cc1. The van der Waals surface area contributed by atoms with Crippen molar-refractivity contribution in [2.75, 3.05) is 49.5 Å². The number of β-amino-alcohol motifs (C(OH)–C–C–N with tert-alkyl or cyclic N) is 1. The highest BCUT2D eigenvalue weighted by atomic mass is 35.5. The number of benzene rings is 2. The van der Waals surface area contributed by atoms with Crippen LogP contribution in [-0.2, 0) is 4.79 Å². The molecule has 2 N–H and O–H groups in total. The zero-order valence-corrected chi connectivity index (χ0v) is 17.7. The van der Waals surface area contributed by atoms with Gasteiger partial charge in [-0.3, -0.25) is 9.69 Å². The van der Waals surface area contributed by atoms with Gasteiger partial charge in [-0.2, -0.15) is 0 Å². The zero-order chi connectivity index (χ0) is 20.8. The number of hydrogen-bond donors (Lipinski definition) is 2. The molecule has 0 unspecified atom stereocenters. The van der Waals surface area contributed by atoms with E-state index in [1.165, 1.54) is 6.92 Å². The maximum Gasteiger partial charge on any atom is 0.221 e. The summed E-state index contributed by atoms with van der Waals surface area (Å²) in [5.74, 6) is 0.555. The maximum atomic E-state index is 11.0. The van der Waals surface area contributed by atoms with Gasteiger partial charge < -0.3 is 20.1 Å². The Balaban J connectivity index is 1.40. The number of aliphatic hydroxyl groups is 1. The van der Waals surface area contributed by atoms with Gasteiger partial charge in [0.2, 0.25) is 5.91 Å². The molecule has 0 spiro atoms. The fourth-order valence-corrected chi connectivity index (χ4v) is 3.52. The highest BCUT2D eigenvalue weighted by Crippen LogP contribution is 2.24. The van der Waals surface area contributed by atoms with Crippen LogP contribution in [0.15, 0.2) is 42.5 Å². The molecule has 1 aliphatic rings. The van der Waals surface area contributed by atoms with Gasteiger partial charge in [0, 0.05) is 56.0 Å². The van der Waals surface area contributed by atoms with E-state index in [4.69, 9.17) is 16.3 Å². The minimum atomic E-state index is -0.564. The summed E-state index contributed by atoms with van der Waals surface area (Å²) in [4.78, 5) is 15.6. The average molecular weight is 418 g/mol. The van der Waals surface area contributed by atoms with E-state index in [0.29, 0.717) is 12.3 Å². The first kappa shape index (κ1) is 21.4. The maximum absolute atomic E-state index is 11.0. The van der Waals surface area contributed by atoms with E-state index in [0.717, 1.165) is 48.1 Å². The lowest BCUT2D eigenvalue weighted by molar-refractivity contribution is -0.114. The van der Waals surface area contributed by atoms with Crippen LogP contribution >= 0.6 is 11.6 Å². The summed E-state index contributed by atoms with van der Waals surface area (Å²) >= 11 is 6.24. The third kappa shape index (κ3) is 6.35. The van der Waals surface area contributed by atoms with Crippen LogP contribution in [0.2, 0.25) is 5.02 Å². The Morgan fingerprint density at radius 2 is 1.86 bits per heavy atom. The molecule has 0 aliphatic carbocycles. The van der Waals surface area contributed by atoms with Gasteiger partial charge in [0.1, 0.15) is 18.5 Å². The molecule has 2 aromatic rings. The fraction of sp³-hybridized carbons (Fsp3) is 0.409. The number of ether oxygens (including phenoxy) is 1. The Hall–Kier alpha value is -2.28. The Morgan fingerprint density at radius 1 is 1.17 bits per heavy atom. The third-order valence-corrected chi connectivity index (χ3v) is 5.39. The van der Waals surface area contributed by atoms with Crippen molar-refractivity contribution in [3.63, 3.8) is 0 Å². The van der Waals surface area contributed by atoms with Crippen LogP contribution in [0.3, 0.4) is 0 Å². The molecular weight excluding hydrogens is 390 g/mol. The number of rotatable bonds is 7. The van der Waals surface area contributed by atoms with Gasteiger partial charge in [-0.25, -0.2) is 0 Å². The van der Waals surface area contributed by atoms with Crippen LogP contribution in [0.25, 0.3) is 0 Å². The standard InChI is InChI=1S/C22H28ClN3O3/c1-16-3-6-19(13-22(16)23)26-11-9-25(10-12-26)14-20(28)15-29-21-7-4-18(5-8-21)24-17(2)27/h3-8,13,20,28H,9-12,14-15H2,1-2H3,(H,24,27)/t20-/m0/s1. The van der Waals surface area contributed by atoms with Crippen LogP contribution < -0.4 is 15.0 Å². The first-order valence-electron chi connectivity index (χ1n) is 9.82. The molecule has 1 heterocycles. The van der Waals surface area contributed by atoms with Crippen molar-refractivity contribution in [3.05, 3.63) is 53.1 Å². The molecule has 1 saturated heterocycles. The number of aliphatic hydroxyl groups excluding tert-OH is 1. The fourth-order valence-electron chi connectivity index (χ4n) is 3.35. The van der Waals surface area contributed by atoms with E-state index in [9.17, 15) is 9.90 Å². The van der Waals surface area contributed by atoms with Crippen molar-refractivity contribution >= 4 is 28.9 Å². The minimum absolute atomic E-state index is 0.111. The van der Waals surface area contributed by atoms with E-state index in [1.54, 1.807) is 24.3 Å². The number of halogens is 1. The van der Waals surface area contributed by atoms with Gasteiger partial charge in [0.05, 0.1) is 0 Å². The molecule has 156 valence electrons. The summed E-state index contributed by atoms with van der Waals surface area (Å²) < 4.78 is 5.67. The monoisotopic (exact) mass is 417 g/mol. The highest BCUT2D eigenvalue weighted by molar-refractivity contribution is 6.31. The number of amides is 1. The second kappa shape index (κ2) is 9.96. The minimum Gasteiger partial charge on any atom is -0.491 e. The predicted octanol–water partition coefficient (Wildman–Crippen LogP) is 3.17. The van der Waals surface area contributed by atoms with E-state index in [-0.39, 0.29) is 12.5 Å². The number of piperazine rings is 1. The molecule has 1 aliphatic heterocycles. The number of carbonyl (C=O) groups is 1. The van der Waals surface area contributed by atoms with Gasteiger partial charge in [0.15, 0.2) is 0 Å². The Kier molecular flexibility index (Phi) is 7.36. The molecule has 6 nitrogen and oxygen atoms in total. The lowest BCUT2D eigenvalue weighted by Crippen LogP contribution is -2.49. The van der Waals surface area contributed by atoms with Crippen LogP contribution in [0.4, 0.5) is 11.4 Å². The first-order chi connectivity index (χ1) is 13.9. The summed E-state index contributed by atoms with van der Waals surface area (Å²) in [5.41, 5.74) is 2.95. The molecular formula is C22H28ClN3O3. The van der Waals surface area contributed by atoms with Crippen molar-refractivity contribution < 1.29 is 14.6 Å². The van der Waals surface area contributed by atoms with Crippen molar-refractivity contribution in [2.45, 2.75) is 20.0 Å². The highest BCUT2D eigenvalue weighted by Gasteiger charge is 2.20. The van der Waals surface area contributed by atoms with Gasteiger partial charge >= 0.3 is 0 Å². The topological polar surface area (TPSA) is 65.0 Å². The first-order valence-corrected chi connectivity index (χ1v) is 10.2. The Morgan fingerprint density at radius 3 is 2.48 bits per heavy atom. The second-order valence-corrected chi connectivity index (χ2v) is 7.80. The quantitative estimate of drug-likeness (QED) is 0.724. The molecule has 0 saturated carbocycles. The number of aryl methyl sites for hydroxylation is 1. The van der Waals surface area contributed by atoms with Crippen LogP contribution in [0, 0.1) is 6.92 Å². The summed E-state index contributed by atoms with van der Waals surface area (Å²) in [6.07, 6.45) is -0.564. The zero-order valence-electron chi connectivity index (χ0n) is 16.9. The average Bonchev–Trinajstić information content (AvgIpc) is 2.70. The number of anilines is 2. The molecule has 1 fully saturated rings. The summed E-state index contributed by atoms with van der Waals surface area (Å²) in [6.45, 7) is 7.85. The van der Waals surface area contributed by atoms with Crippen molar-refractivity contribution in [2.24, 2.45) is 0 Å². The Labute approximate surface area is 177 Å². The molecule has 29 heavy (non-hydrogen) atoms. The van der Waals surface area contributed by atoms with E-state index < -0.39 is 6.10 Å². The molecule has 1 atom stereocenters. The van der Waals surface area contributed by atoms with Gasteiger partial charge in [-0.1, -0.05) is 17.7 Å². The molecule has 1 amide bonds. The third-order valence-electron chi connectivity index (χ3n) is 4.98. The predicted molar refractivity (Wildman–Crippen MR) is 117 cm³/mol. The number of carbonyl (C=O) groups excluding carboxylic acids is 1. The smallest absolute Gasteiger partial charge is 0.221 e. The number of nitrogens with one attached hydrogen (secondary N) is 1. The molecule has 0 bridgehead atoms. The lowest BCUT2D eigenvalue weighted by atomic mass is 10.2. The van der Waals surface area contributed by atoms with Crippen LogP contribution in [-0.4, -0.2) is 61.3 Å². The van der Waals surface area contributed by atoms with Gasteiger partial charge in [0.25, 0.3) is 0 Å². The van der Waals surface area contributed by atoms with E-state index in [2.05, 4.69) is 21.2 Å². The summed E-state index contributed by atoms with van der Waals surface area (Å²) in [7, 11) is 0. The van der Waals surface area contributed by atoms with Crippen LogP contribution in [0.5, 0.6) is 5.75 Å². The van der Waals surface area contributed by atoms with Gasteiger partial charge in [-0.15, -0.1) is 0 Å².